The molecule has 1 heterocycles. The van der Waals surface area contributed by atoms with Crippen molar-refractivity contribution in [3.63, 3.8) is 0 Å². The third kappa shape index (κ3) is 11.3. The predicted octanol–water partition coefficient (Wildman–Crippen LogP) is 7.50. The summed E-state index contributed by atoms with van der Waals surface area (Å²) in [5.74, 6) is -0.372. The molecule has 0 radical (unpaired) electrons. The average Bonchev–Trinajstić information content (AvgIpc) is 2.92. The molecule has 0 saturated carbocycles. The van der Waals surface area contributed by atoms with Gasteiger partial charge in [-0.25, -0.2) is 0 Å². The third-order valence-electron chi connectivity index (χ3n) is 7.15. The minimum Gasteiger partial charge on any atom is -0.455 e. The number of carbonyl (C=O) groups is 1. The highest BCUT2D eigenvalue weighted by Gasteiger charge is 2.52. The van der Waals surface area contributed by atoms with Gasteiger partial charge in [0, 0.05) is 37.8 Å². The van der Waals surface area contributed by atoms with Gasteiger partial charge in [-0.05, 0) is 55.9 Å². The van der Waals surface area contributed by atoms with Gasteiger partial charge in [0.2, 0.25) is 0 Å². The van der Waals surface area contributed by atoms with E-state index >= 15 is 0 Å². The summed E-state index contributed by atoms with van der Waals surface area (Å²) in [7, 11) is 0. The normalized spacial score (nSPS) is 23.7. The molecule has 1 fully saturated rings. The lowest BCUT2D eigenvalue weighted by atomic mass is 9.87. The van der Waals surface area contributed by atoms with Crippen LogP contribution in [0.25, 0.3) is 0 Å². The zero-order chi connectivity index (χ0) is 29.3. The van der Waals surface area contributed by atoms with E-state index in [2.05, 4.69) is 43.6 Å². The van der Waals surface area contributed by atoms with Crippen LogP contribution in [0.1, 0.15) is 103 Å². The van der Waals surface area contributed by atoms with E-state index in [0.717, 1.165) is 67.0 Å². The lowest BCUT2D eigenvalue weighted by molar-refractivity contribution is -0.283. The number of unbranched alkanes of at least 4 members (excludes halogenated alkanes) is 4. The number of esters is 1. The van der Waals surface area contributed by atoms with Gasteiger partial charge in [-0.15, -0.1) is 0 Å². The maximum absolute atomic E-state index is 12.5. The number of aryl methyl sites for hydroxylation is 1. The molecular weight excluding hydrogens is 576 g/mol. The van der Waals surface area contributed by atoms with Crippen molar-refractivity contribution >= 4 is 21.9 Å². The zero-order valence-electron chi connectivity index (χ0n) is 25.6. The smallest absolute Gasteiger partial charge is 0.303 e. The molecule has 7 nitrogen and oxygen atoms in total. The molecule has 40 heavy (non-hydrogen) atoms. The van der Waals surface area contributed by atoms with Gasteiger partial charge in [-0.2, -0.15) is 0 Å². The molecule has 1 aromatic rings. The summed E-state index contributed by atoms with van der Waals surface area (Å²) in [5.41, 5.74) is 1.88. The first-order chi connectivity index (χ1) is 19.4. The van der Waals surface area contributed by atoms with Crippen LogP contribution >= 0.6 is 15.9 Å². The standard InChI is InChI=1S/C32H53BrO7/c1-7-11-17-35-22-27-29(36-18-12-8-2)30(37-19-13-9-3)31(38-20-14-10-4)32(40-27)28(39-24(6)34)26-16-15-25(33)21-23(26)5/h15-16,21,27-32H,7-14,17-20,22H2,1-6H3/t27?,28-,29?,30?,31?,32?/m1/s1. The number of hydrogen-bond acceptors (Lipinski definition) is 7. The summed E-state index contributed by atoms with van der Waals surface area (Å²) < 4.78 is 39.6. The van der Waals surface area contributed by atoms with Crippen molar-refractivity contribution in [1.29, 1.82) is 0 Å². The Balaban J connectivity index is 2.56. The van der Waals surface area contributed by atoms with Crippen molar-refractivity contribution in [2.45, 2.75) is 130 Å². The van der Waals surface area contributed by atoms with Gasteiger partial charge in [-0.1, -0.05) is 75.4 Å². The number of carbonyl (C=O) groups excluding carboxylic acids is 1. The van der Waals surface area contributed by atoms with Crippen molar-refractivity contribution in [2.75, 3.05) is 33.0 Å². The van der Waals surface area contributed by atoms with Crippen molar-refractivity contribution in [3.05, 3.63) is 33.8 Å². The fourth-order valence-corrected chi connectivity index (χ4v) is 5.36. The Morgan fingerprint density at radius 2 is 1.40 bits per heavy atom. The van der Waals surface area contributed by atoms with Gasteiger partial charge in [0.05, 0.1) is 6.61 Å². The molecule has 1 aliphatic heterocycles. The number of rotatable bonds is 20. The molecular formula is C32H53BrO7. The van der Waals surface area contributed by atoms with E-state index in [1.54, 1.807) is 0 Å². The van der Waals surface area contributed by atoms with E-state index in [1.807, 2.05) is 25.1 Å². The molecule has 0 spiro atoms. The highest BCUT2D eigenvalue weighted by atomic mass is 79.9. The second kappa shape index (κ2) is 20.0. The monoisotopic (exact) mass is 628 g/mol. The van der Waals surface area contributed by atoms with Crippen molar-refractivity contribution < 1.29 is 33.2 Å². The van der Waals surface area contributed by atoms with Crippen LogP contribution in [0.15, 0.2) is 22.7 Å². The Kier molecular flexibility index (Phi) is 17.6. The fraction of sp³-hybridized carbons (Fsp3) is 0.781. The van der Waals surface area contributed by atoms with Gasteiger partial charge >= 0.3 is 5.97 Å². The Morgan fingerprint density at radius 1 is 0.850 bits per heavy atom. The van der Waals surface area contributed by atoms with Crippen LogP contribution in [0.3, 0.4) is 0 Å². The molecule has 0 bridgehead atoms. The summed E-state index contributed by atoms with van der Waals surface area (Å²) in [5, 5.41) is 0. The van der Waals surface area contributed by atoms with Crippen LogP contribution in [0, 0.1) is 6.92 Å². The summed E-state index contributed by atoms with van der Waals surface area (Å²) >= 11 is 3.56. The first-order valence-corrected chi connectivity index (χ1v) is 16.2. The van der Waals surface area contributed by atoms with E-state index in [-0.39, 0.29) is 12.1 Å². The van der Waals surface area contributed by atoms with Crippen LogP contribution in [0.5, 0.6) is 0 Å². The number of hydrogen-bond donors (Lipinski definition) is 0. The van der Waals surface area contributed by atoms with Crippen molar-refractivity contribution in [3.8, 4) is 0 Å². The van der Waals surface area contributed by atoms with Crippen molar-refractivity contribution in [2.24, 2.45) is 0 Å². The molecule has 8 heteroatoms. The highest BCUT2D eigenvalue weighted by Crippen LogP contribution is 2.38. The fourth-order valence-electron chi connectivity index (χ4n) is 4.88. The Hall–Kier alpha value is -1.03. The quantitative estimate of drug-likeness (QED) is 0.109. The van der Waals surface area contributed by atoms with E-state index < -0.39 is 30.5 Å². The van der Waals surface area contributed by atoms with Gasteiger partial charge in [0.1, 0.15) is 30.5 Å². The molecule has 1 aliphatic rings. The van der Waals surface area contributed by atoms with Crippen LogP contribution < -0.4 is 0 Å². The maximum Gasteiger partial charge on any atom is 0.303 e. The second-order valence-electron chi connectivity index (χ2n) is 10.7. The topological polar surface area (TPSA) is 72.5 Å². The maximum atomic E-state index is 12.5. The second-order valence-corrected chi connectivity index (χ2v) is 11.6. The first-order valence-electron chi connectivity index (χ1n) is 15.4. The molecule has 5 unspecified atom stereocenters. The SMILES string of the molecule is CCCCOCC1OC([C@H](OC(C)=O)c2ccc(Br)cc2C)C(OCCCC)C(OCCCC)C1OCCCC. The number of benzene rings is 1. The van der Waals surface area contributed by atoms with E-state index in [0.29, 0.717) is 33.0 Å². The average molecular weight is 630 g/mol. The minimum atomic E-state index is -0.677. The number of halogens is 1. The van der Waals surface area contributed by atoms with E-state index in [9.17, 15) is 4.79 Å². The lowest BCUT2D eigenvalue weighted by Crippen LogP contribution is -2.63. The predicted molar refractivity (Wildman–Crippen MR) is 162 cm³/mol. The van der Waals surface area contributed by atoms with E-state index in [1.165, 1.54) is 6.92 Å². The van der Waals surface area contributed by atoms with Crippen molar-refractivity contribution in [1.82, 2.24) is 0 Å². The van der Waals surface area contributed by atoms with Gasteiger partial charge in [0.25, 0.3) is 0 Å². The summed E-state index contributed by atoms with van der Waals surface area (Å²) in [4.78, 5) is 12.5. The Morgan fingerprint density at radius 3 is 1.95 bits per heavy atom. The van der Waals surface area contributed by atoms with Gasteiger partial charge in [0.15, 0.2) is 6.10 Å². The van der Waals surface area contributed by atoms with Gasteiger partial charge < -0.3 is 28.4 Å². The Labute approximate surface area is 251 Å². The lowest BCUT2D eigenvalue weighted by Gasteiger charge is -2.48. The zero-order valence-corrected chi connectivity index (χ0v) is 27.2. The molecule has 2 rings (SSSR count). The molecule has 1 saturated heterocycles. The number of ether oxygens (including phenoxy) is 6. The largest absolute Gasteiger partial charge is 0.455 e. The van der Waals surface area contributed by atoms with Gasteiger partial charge in [-0.3, -0.25) is 4.79 Å². The molecule has 1 aromatic carbocycles. The van der Waals surface area contributed by atoms with Crippen LogP contribution in [-0.2, 0) is 33.2 Å². The third-order valence-corrected chi connectivity index (χ3v) is 7.64. The van der Waals surface area contributed by atoms with Crippen LogP contribution in [0.2, 0.25) is 0 Å². The molecule has 0 aromatic heterocycles. The summed E-state index contributed by atoms with van der Waals surface area (Å²) in [6.45, 7) is 14.8. The summed E-state index contributed by atoms with van der Waals surface area (Å²) in [6.07, 6.45) is 4.95. The molecule has 0 amide bonds. The minimum absolute atomic E-state index is 0.364. The van der Waals surface area contributed by atoms with Crippen LogP contribution in [0.4, 0.5) is 0 Å². The molecule has 0 N–H and O–H groups in total. The van der Waals surface area contributed by atoms with E-state index in [4.69, 9.17) is 28.4 Å². The molecule has 0 aliphatic carbocycles. The first kappa shape index (κ1) is 35.2. The highest BCUT2D eigenvalue weighted by molar-refractivity contribution is 9.10. The molecule has 6 atom stereocenters. The summed E-state index contributed by atoms with van der Waals surface area (Å²) in [6, 6.07) is 5.98. The molecule has 230 valence electrons. The Bertz CT molecular complexity index is 835. The van der Waals surface area contributed by atoms with Crippen LogP contribution in [-0.4, -0.2) is 69.5 Å².